The minimum atomic E-state index is 0.360. The molecular formula is C5H7N7. The van der Waals surface area contributed by atoms with E-state index in [0.29, 0.717) is 11.9 Å². The Balaban J connectivity index is 2.48. The maximum atomic E-state index is 5.48. The molecule has 0 aliphatic rings. The summed E-state index contributed by atoms with van der Waals surface area (Å²) in [6, 6.07) is 0. The summed E-state index contributed by atoms with van der Waals surface area (Å²) in [7, 11) is 1.72. The Hall–Kier alpha value is -1.92. The van der Waals surface area contributed by atoms with Gasteiger partial charge in [0, 0.05) is 7.05 Å². The molecule has 2 aromatic heterocycles. The fourth-order valence-corrected chi connectivity index (χ4v) is 0.796. The number of nitrogens with zero attached hydrogens (tertiary/aromatic N) is 6. The van der Waals surface area contributed by atoms with E-state index in [2.05, 4.69) is 20.3 Å². The first kappa shape index (κ1) is 6.77. The lowest BCUT2D eigenvalue weighted by atomic mass is 10.9. The number of hydrogen-bond donors (Lipinski definition) is 1. The van der Waals surface area contributed by atoms with Gasteiger partial charge in [-0.2, -0.15) is 4.98 Å². The second kappa shape index (κ2) is 2.29. The molecule has 2 rings (SSSR count). The van der Waals surface area contributed by atoms with E-state index in [1.54, 1.807) is 11.6 Å². The van der Waals surface area contributed by atoms with Gasteiger partial charge in [0.25, 0.3) is 5.95 Å². The molecular weight excluding hydrogens is 158 g/mol. The van der Waals surface area contributed by atoms with Crippen LogP contribution in [-0.4, -0.2) is 29.5 Å². The molecule has 0 radical (unpaired) electrons. The normalized spacial score (nSPS) is 10.4. The average Bonchev–Trinajstić information content (AvgIpc) is 2.61. The van der Waals surface area contributed by atoms with Crippen molar-refractivity contribution in [3.8, 4) is 5.95 Å². The van der Waals surface area contributed by atoms with Crippen LogP contribution in [0.15, 0.2) is 12.7 Å². The van der Waals surface area contributed by atoms with E-state index in [1.807, 2.05) is 0 Å². The average molecular weight is 165 g/mol. The molecule has 0 spiro atoms. The third-order valence-corrected chi connectivity index (χ3v) is 1.44. The van der Waals surface area contributed by atoms with E-state index in [0.717, 1.165) is 0 Å². The molecule has 0 unspecified atom stereocenters. The highest BCUT2D eigenvalue weighted by Crippen LogP contribution is 2.01. The molecule has 0 aliphatic carbocycles. The molecule has 2 aromatic rings. The summed E-state index contributed by atoms with van der Waals surface area (Å²) >= 11 is 0. The minimum Gasteiger partial charge on any atom is -0.368 e. The summed E-state index contributed by atoms with van der Waals surface area (Å²) in [5.41, 5.74) is 5.48. The van der Waals surface area contributed by atoms with Gasteiger partial charge in [0.15, 0.2) is 0 Å². The number of aromatic nitrogens is 6. The zero-order valence-electron chi connectivity index (χ0n) is 6.42. The summed E-state index contributed by atoms with van der Waals surface area (Å²) in [6.07, 6.45) is 3.02. The van der Waals surface area contributed by atoms with Gasteiger partial charge in [0.2, 0.25) is 5.95 Å². The van der Waals surface area contributed by atoms with Crippen LogP contribution in [-0.2, 0) is 7.05 Å². The van der Waals surface area contributed by atoms with E-state index in [-0.39, 0.29) is 0 Å². The van der Waals surface area contributed by atoms with Gasteiger partial charge in [-0.15, -0.1) is 15.3 Å². The monoisotopic (exact) mass is 165 g/mol. The number of anilines is 1. The maximum Gasteiger partial charge on any atom is 0.257 e. The first-order valence-electron chi connectivity index (χ1n) is 3.29. The molecule has 0 aromatic carbocycles. The molecule has 62 valence electrons. The predicted octanol–water partition coefficient (Wildman–Crippen LogP) is -1.02. The van der Waals surface area contributed by atoms with Crippen molar-refractivity contribution < 1.29 is 0 Å². The van der Waals surface area contributed by atoms with E-state index in [1.165, 1.54) is 17.3 Å². The fourth-order valence-electron chi connectivity index (χ4n) is 0.796. The molecule has 0 aliphatic heterocycles. The molecule has 2 N–H and O–H groups in total. The summed E-state index contributed by atoms with van der Waals surface area (Å²) in [5.74, 6) is 0.832. The van der Waals surface area contributed by atoms with Crippen LogP contribution in [0.1, 0.15) is 0 Å². The van der Waals surface area contributed by atoms with Crippen LogP contribution in [0.4, 0.5) is 5.95 Å². The Labute approximate surface area is 67.8 Å². The Morgan fingerprint density at radius 1 is 1.33 bits per heavy atom. The van der Waals surface area contributed by atoms with Crippen molar-refractivity contribution in [3.63, 3.8) is 0 Å². The zero-order valence-corrected chi connectivity index (χ0v) is 6.42. The lowest BCUT2D eigenvalue weighted by molar-refractivity contribution is 0.760. The van der Waals surface area contributed by atoms with Crippen molar-refractivity contribution in [2.75, 3.05) is 5.73 Å². The molecule has 12 heavy (non-hydrogen) atoms. The van der Waals surface area contributed by atoms with Gasteiger partial charge in [-0.05, 0) is 0 Å². The Bertz CT molecular complexity index is 353. The second-order valence-electron chi connectivity index (χ2n) is 2.26. The van der Waals surface area contributed by atoms with Gasteiger partial charge >= 0.3 is 0 Å². The number of rotatable bonds is 1. The summed E-state index contributed by atoms with van der Waals surface area (Å²) in [5, 5.41) is 11.3. The number of aryl methyl sites for hydroxylation is 1. The van der Waals surface area contributed by atoms with Crippen LogP contribution >= 0.6 is 0 Å². The van der Waals surface area contributed by atoms with Crippen molar-refractivity contribution in [2.45, 2.75) is 0 Å². The van der Waals surface area contributed by atoms with Crippen LogP contribution in [0, 0.1) is 0 Å². The zero-order chi connectivity index (χ0) is 8.55. The first-order valence-corrected chi connectivity index (χ1v) is 3.29. The topological polar surface area (TPSA) is 87.4 Å². The Morgan fingerprint density at radius 3 is 2.50 bits per heavy atom. The lowest BCUT2D eigenvalue weighted by Gasteiger charge is -1.88. The second-order valence-corrected chi connectivity index (χ2v) is 2.26. The van der Waals surface area contributed by atoms with Crippen LogP contribution in [0.3, 0.4) is 0 Å². The summed E-state index contributed by atoms with van der Waals surface area (Å²) < 4.78 is 3.06. The molecule has 0 fully saturated rings. The van der Waals surface area contributed by atoms with Gasteiger partial charge in [0.05, 0.1) is 0 Å². The highest BCUT2D eigenvalue weighted by molar-refractivity contribution is 5.22. The standard InChI is InChI=1S/C5H7N7/c1-11-4(6)9-5(10-11)12-2-7-8-3-12/h2-3H,1H3,(H2,6,9,10). The highest BCUT2D eigenvalue weighted by Gasteiger charge is 2.04. The van der Waals surface area contributed by atoms with Gasteiger partial charge in [-0.1, -0.05) is 0 Å². The molecule has 0 bridgehead atoms. The third-order valence-electron chi connectivity index (χ3n) is 1.44. The van der Waals surface area contributed by atoms with Crippen molar-refractivity contribution in [1.29, 1.82) is 0 Å². The predicted molar refractivity (Wildman–Crippen MR) is 40.3 cm³/mol. The Kier molecular flexibility index (Phi) is 1.29. The molecule has 0 saturated carbocycles. The number of nitrogen functional groups attached to an aromatic ring is 1. The molecule has 7 heteroatoms. The van der Waals surface area contributed by atoms with Crippen LogP contribution in [0.5, 0.6) is 0 Å². The first-order chi connectivity index (χ1) is 5.77. The van der Waals surface area contributed by atoms with Crippen molar-refractivity contribution in [1.82, 2.24) is 29.5 Å². The van der Waals surface area contributed by atoms with E-state index in [4.69, 9.17) is 5.73 Å². The SMILES string of the molecule is Cn1nc(-n2cnnc2)nc1N. The molecule has 0 amide bonds. The molecule has 0 saturated heterocycles. The van der Waals surface area contributed by atoms with Gasteiger partial charge < -0.3 is 5.73 Å². The van der Waals surface area contributed by atoms with Crippen LogP contribution < -0.4 is 5.73 Å². The highest BCUT2D eigenvalue weighted by atomic mass is 15.4. The van der Waals surface area contributed by atoms with Gasteiger partial charge in [0.1, 0.15) is 12.7 Å². The third kappa shape index (κ3) is 0.911. The maximum absolute atomic E-state index is 5.48. The lowest BCUT2D eigenvalue weighted by Crippen LogP contribution is -1.97. The van der Waals surface area contributed by atoms with Crippen LogP contribution in [0.25, 0.3) is 5.95 Å². The minimum absolute atomic E-state index is 0.360. The van der Waals surface area contributed by atoms with E-state index >= 15 is 0 Å². The number of hydrogen-bond acceptors (Lipinski definition) is 5. The smallest absolute Gasteiger partial charge is 0.257 e. The van der Waals surface area contributed by atoms with Crippen molar-refractivity contribution in [3.05, 3.63) is 12.7 Å². The van der Waals surface area contributed by atoms with Gasteiger partial charge in [-0.25, -0.2) is 4.68 Å². The largest absolute Gasteiger partial charge is 0.368 e. The van der Waals surface area contributed by atoms with Gasteiger partial charge in [-0.3, -0.25) is 4.57 Å². The summed E-state index contributed by atoms with van der Waals surface area (Å²) in [6.45, 7) is 0. The van der Waals surface area contributed by atoms with Crippen LogP contribution in [0.2, 0.25) is 0 Å². The quantitative estimate of drug-likeness (QED) is 0.584. The molecule has 2 heterocycles. The van der Waals surface area contributed by atoms with Crippen molar-refractivity contribution in [2.24, 2.45) is 7.05 Å². The fraction of sp³-hybridized carbons (Fsp3) is 0.200. The Morgan fingerprint density at radius 2 is 2.00 bits per heavy atom. The van der Waals surface area contributed by atoms with E-state index in [9.17, 15) is 0 Å². The molecule has 7 nitrogen and oxygen atoms in total. The van der Waals surface area contributed by atoms with E-state index < -0.39 is 0 Å². The number of nitrogens with two attached hydrogens (primary N) is 1. The molecule has 0 atom stereocenters. The summed E-state index contributed by atoms with van der Waals surface area (Å²) in [4.78, 5) is 3.97. The van der Waals surface area contributed by atoms with Crippen molar-refractivity contribution >= 4 is 5.95 Å².